The predicted octanol–water partition coefficient (Wildman–Crippen LogP) is 2.76. The fourth-order valence-corrected chi connectivity index (χ4v) is 5.98. The summed E-state index contributed by atoms with van der Waals surface area (Å²) >= 11 is 15.4. The van der Waals surface area contributed by atoms with Crippen LogP contribution in [0.3, 0.4) is 0 Å². The second kappa shape index (κ2) is 9.59. The molecule has 174 valence electrons. The Hall–Kier alpha value is -1.56. The number of methoxy groups -OCH3 is 1. The molecular weight excluding hydrogens is 554 g/mol. The normalized spacial score (nSPS) is 27.5. The summed E-state index contributed by atoms with van der Waals surface area (Å²) < 4.78 is 14.1. The van der Waals surface area contributed by atoms with Gasteiger partial charge in [0.25, 0.3) is 0 Å². The van der Waals surface area contributed by atoms with Gasteiger partial charge in [0.05, 0.1) is 30.1 Å². The van der Waals surface area contributed by atoms with E-state index in [1.165, 1.54) is 23.1 Å². The molecule has 33 heavy (non-hydrogen) atoms. The van der Waals surface area contributed by atoms with Crippen LogP contribution < -0.4 is 0 Å². The van der Waals surface area contributed by atoms with Gasteiger partial charge in [0.1, 0.15) is 44.3 Å². The highest BCUT2D eigenvalue weighted by atomic mass is 79.9. The SMILES string of the molecule is CO[C@H]1[C@@H](S)O[C@H](CO)[C@H](O)C1(c1cc(Br)ccc1C#N)n1cc(-c2nc(C)c(Cl)s2)nn1. The van der Waals surface area contributed by atoms with Gasteiger partial charge < -0.3 is 19.7 Å². The van der Waals surface area contributed by atoms with Gasteiger partial charge in [-0.25, -0.2) is 9.67 Å². The van der Waals surface area contributed by atoms with Gasteiger partial charge in [-0.05, 0) is 25.1 Å². The molecule has 3 aromatic rings. The zero-order valence-electron chi connectivity index (χ0n) is 17.4. The molecule has 0 amide bonds. The van der Waals surface area contributed by atoms with Crippen LogP contribution in [0, 0.1) is 18.3 Å². The van der Waals surface area contributed by atoms with Crippen LogP contribution in [0.15, 0.2) is 28.9 Å². The first kappa shape index (κ1) is 24.6. The van der Waals surface area contributed by atoms with Crippen molar-refractivity contribution >= 4 is 51.5 Å². The number of hydrogen-bond donors (Lipinski definition) is 3. The van der Waals surface area contributed by atoms with Crippen molar-refractivity contribution in [1.82, 2.24) is 20.0 Å². The van der Waals surface area contributed by atoms with E-state index in [1.807, 2.05) is 0 Å². The van der Waals surface area contributed by atoms with Crippen molar-refractivity contribution in [3.8, 4) is 16.8 Å². The number of benzene rings is 1. The Morgan fingerprint density at radius 1 is 1.48 bits per heavy atom. The van der Waals surface area contributed by atoms with E-state index in [2.05, 4.69) is 49.9 Å². The average Bonchev–Trinajstić information content (AvgIpc) is 3.42. The van der Waals surface area contributed by atoms with E-state index in [0.717, 1.165) is 0 Å². The van der Waals surface area contributed by atoms with Crippen LogP contribution >= 0.6 is 51.5 Å². The topological polar surface area (TPSA) is 126 Å². The third-order valence-electron chi connectivity index (χ3n) is 5.61. The maximum absolute atomic E-state index is 11.6. The summed E-state index contributed by atoms with van der Waals surface area (Å²) in [6, 6.07) is 7.22. The summed E-state index contributed by atoms with van der Waals surface area (Å²) in [5, 5.41) is 40.6. The molecule has 0 aliphatic carbocycles. The fraction of sp³-hybridized carbons (Fsp3) is 0.400. The maximum Gasteiger partial charge on any atom is 0.148 e. The van der Waals surface area contributed by atoms with E-state index in [9.17, 15) is 15.5 Å². The summed E-state index contributed by atoms with van der Waals surface area (Å²) in [5.74, 6) is 0. The monoisotopic (exact) mass is 571 g/mol. The molecule has 0 saturated carbocycles. The standard InChI is InChI=1S/C20H19BrClN5O4S2/c1-9-17(22)33-18(24-9)13-7-27(26-25-13)20(12-5-11(21)4-3-10(12)6-23)15(29)14(8-28)31-19(32)16(20)30-2/h3-5,7,14-16,19,28-29,32H,8H2,1-2H3/t14-,15+,16+,19-,20?/m1/s1. The predicted molar refractivity (Wildman–Crippen MR) is 128 cm³/mol. The van der Waals surface area contributed by atoms with E-state index in [1.54, 1.807) is 31.3 Å². The molecular formula is C20H19BrClN5O4S2. The van der Waals surface area contributed by atoms with Crippen molar-refractivity contribution < 1.29 is 19.7 Å². The number of aryl methyl sites for hydroxylation is 1. The first-order chi connectivity index (χ1) is 15.8. The molecule has 3 heterocycles. The van der Waals surface area contributed by atoms with E-state index in [-0.39, 0.29) is 5.56 Å². The number of hydrogen-bond acceptors (Lipinski definition) is 10. The molecule has 0 bridgehead atoms. The van der Waals surface area contributed by atoms with Gasteiger partial charge in [-0.2, -0.15) is 5.26 Å². The Morgan fingerprint density at radius 3 is 2.85 bits per heavy atom. The Morgan fingerprint density at radius 2 is 2.24 bits per heavy atom. The van der Waals surface area contributed by atoms with Crippen LogP contribution in [0.25, 0.3) is 10.7 Å². The Bertz CT molecular complexity index is 1200. The molecule has 9 nitrogen and oxygen atoms in total. The molecule has 2 N–H and O–H groups in total. The van der Waals surface area contributed by atoms with Crippen LogP contribution in [0.1, 0.15) is 16.8 Å². The summed E-state index contributed by atoms with van der Waals surface area (Å²) in [6.07, 6.45) is -1.73. The van der Waals surface area contributed by atoms with E-state index >= 15 is 0 Å². The lowest BCUT2D eigenvalue weighted by molar-refractivity contribution is -0.213. The minimum atomic E-state index is -1.52. The molecule has 1 aliphatic rings. The lowest BCUT2D eigenvalue weighted by Crippen LogP contribution is -2.68. The summed E-state index contributed by atoms with van der Waals surface area (Å²) in [4.78, 5) is 4.42. The summed E-state index contributed by atoms with van der Waals surface area (Å²) in [7, 11) is 1.45. The average molecular weight is 573 g/mol. The number of ether oxygens (including phenoxy) is 2. The second-order valence-electron chi connectivity index (χ2n) is 7.40. The lowest BCUT2D eigenvalue weighted by atomic mass is 9.74. The first-order valence-electron chi connectivity index (χ1n) is 9.69. The van der Waals surface area contributed by atoms with Gasteiger partial charge in [-0.15, -0.1) is 17.7 Å². The molecule has 1 aliphatic heterocycles. The van der Waals surface area contributed by atoms with Crippen molar-refractivity contribution in [2.45, 2.75) is 36.2 Å². The highest BCUT2D eigenvalue weighted by molar-refractivity contribution is 9.10. The molecule has 0 radical (unpaired) electrons. The van der Waals surface area contributed by atoms with Crippen LogP contribution in [-0.2, 0) is 15.0 Å². The number of thiazole rings is 1. The van der Waals surface area contributed by atoms with Gasteiger partial charge in [0.2, 0.25) is 0 Å². The van der Waals surface area contributed by atoms with E-state index < -0.39 is 35.9 Å². The number of rotatable bonds is 5. The lowest BCUT2D eigenvalue weighted by Gasteiger charge is -2.51. The zero-order chi connectivity index (χ0) is 23.9. The smallest absolute Gasteiger partial charge is 0.148 e. The molecule has 1 aromatic carbocycles. The van der Waals surface area contributed by atoms with E-state index in [0.29, 0.717) is 30.8 Å². The highest BCUT2D eigenvalue weighted by Crippen LogP contribution is 2.46. The van der Waals surface area contributed by atoms with E-state index in [4.69, 9.17) is 21.1 Å². The number of nitrogens with zero attached hydrogens (tertiary/aromatic N) is 5. The number of thiol groups is 1. The van der Waals surface area contributed by atoms with Crippen LogP contribution in [-0.4, -0.2) is 67.7 Å². The van der Waals surface area contributed by atoms with Crippen molar-refractivity contribution in [3.05, 3.63) is 50.0 Å². The largest absolute Gasteiger partial charge is 0.394 e. The highest BCUT2D eigenvalue weighted by Gasteiger charge is 2.60. The number of aromatic nitrogens is 4. The number of aliphatic hydroxyl groups excluding tert-OH is 2. The Kier molecular flexibility index (Phi) is 7.14. The maximum atomic E-state index is 11.6. The number of aliphatic hydroxyl groups is 2. The number of nitriles is 1. The van der Waals surface area contributed by atoms with Crippen LogP contribution in [0.5, 0.6) is 0 Å². The van der Waals surface area contributed by atoms with Crippen LogP contribution in [0.2, 0.25) is 4.34 Å². The number of halogens is 2. The molecule has 4 rings (SSSR count). The quantitative estimate of drug-likeness (QED) is 0.399. The van der Waals surface area contributed by atoms with Crippen molar-refractivity contribution in [1.29, 1.82) is 5.26 Å². The molecule has 5 atom stereocenters. The zero-order valence-corrected chi connectivity index (χ0v) is 21.4. The molecule has 1 fully saturated rings. The molecule has 1 unspecified atom stereocenters. The van der Waals surface area contributed by atoms with Crippen molar-refractivity contribution in [2.24, 2.45) is 0 Å². The minimum absolute atomic E-state index is 0.281. The van der Waals surface area contributed by atoms with Gasteiger partial charge in [0, 0.05) is 17.1 Å². The van der Waals surface area contributed by atoms with Crippen molar-refractivity contribution in [3.63, 3.8) is 0 Å². The van der Waals surface area contributed by atoms with Gasteiger partial charge in [0.15, 0.2) is 0 Å². The minimum Gasteiger partial charge on any atom is -0.394 e. The van der Waals surface area contributed by atoms with Crippen LogP contribution in [0.4, 0.5) is 0 Å². The summed E-state index contributed by atoms with van der Waals surface area (Å²) in [6.45, 7) is 1.30. The Labute approximate surface area is 212 Å². The molecule has 13 heteroatoms. The van der Waals surface area contributed by atoms with Gasteiger partial charge >= 0.3 is 0 Å². The molecule has 1 saturated heterocycles. The Balaban J connectivity index is 2.02. The molecule has 2 aromatic heterocycles. The summed E-state index contributed by atoms with van der Waals surface area (Å²) in [5.41, 5.74) is -0.620. The second-order valence-corrected chi connectivity index (χ2v) is 10.4. The third kappa shape index (κ3) is 4.00. The molecule has 0 spiro atoms. The van der Waals surface area contributed by atoms with Gasteiger partial charge in [-0.3, -0.25) is 0 Å². The fourth-order valence-electron chi connectivity index (χ4n) is 4.11. The first-order valence-corrected chi connectivity index (χ1v) is 12.2. The third-order valence-corrected chi connectivity index (χ3v) is 7.97. The van der Waals surface area contributed by atoms with Gasteiger partial charge in [-0.1, -0.05) is 44.1 Å². The van der Waals surface area contributed by atoms with Crippen molar-refractivity contribution in [2.75, 3.05) is 13.7 Å².